The Labute approximate surface area is 107 Å². The van der Waals surface area contributed by atoms with E-state index in [1.165, 1.54) is 5.56 Å². The Morgan fingerprint density at radius 3 is 2.71 bits per heavy atom. The average Bonchev–Trinajstić information content (AvgIpc) is 2.33. The standard InChI is InChI=1S/C13H18ClNO2/c1-9(16)13-7-15-12(8-17-13)6-10-2-4-11(14)5-3-10/h2-5,9,12-13,15-16H,6-8H2,1H3/t9?,12-,13+/m0/s1. The second kappa shape index (κ2) is 5.83. The molecule has 3 nitrogen and oxygen atoms in total. The zero-order valence-electron chi connectivity index (χ0n) is 9.90. The third kappa shape index (κ3) is 3.68. The van der Waals surface area contributed by atoms with Gasteiger partial charge >= 0.3 is 0 Å². The Morgan fingerprint density at radius 2 is 2.18 bits per heavy atom. The van der Waals surface area contributed by atoms with Gasteiger partial charge in [0.05, 0.1) is 18.8 Å². The van der Waals surface area contributed by atoms with Crippen molar-refractivity contribution in [3.05, 3.63) is 34.9 Å². The fraction of sp³-hybridized carbons (Fsp3) is 0.538. The number of benzene rings is 1. The van der Waals surface area contributed by atoms with Crippen LogP contribution < -0.4 is 5.32 Å². The van der Waals surface area contributed by atoms with Gasteiger partial charge in [0.25, 0.3) is 0 Å². The topological polar surface area (TPSA) is 41.5 Å². The minimum Gasteiger partial charge on any atom is -0.391 e. The Kier molecular flexibility index (Phi) is 4.40. The number of halogens is 1. The molecule has 1 saturated heterocycles. The highest BCUT2D eigenvalue weighted by Gasteiger charge is 2.24. The van der Waals surface area contributed by atoms with Gasteiger partial charge in [0, 0.05) is 17.6 Å². The molecule has 0 amide bonds. The molecular formula is C13H18ClNO2. The molecule has 2 rings (SSSR count). The molecule has 94 valence electrons. The van der Waals surface area contributed by atoms with Crippen molar-refractivity contribution in [2.24, 2.45) is 0 Å². The van der Waals surface area contributed by atoms with Crippen LogP contribution in [0.25, 0.3) is 0 Å². The summed E-state index contributed by atoms with van der Waals surface area (Å²) in [5, 5.41) is 13.6. The molecule has 1 aromatic rings. The van der Waals surface area contributed by atoms with Crippen molar-refractivity contribution in [1.82, 2.24) is 5.32 Å². The number of aliphatic hydroxyl groups is 1. The molecule has 1 fully saturated rings. The van der Waals surface area contributed by atoms with Gasteiger partial charge in [-0.2, -0.15) is 0 Å². The van der Waals surface area contributed by atoms with Gasteiger partial charge < -0.3 is 15.2 Å². The second-order valence-corrected chi connectivity index (χ2v) is 4.98. The molecule has 1 aromatic carbocycles. The van der Waals surface area contributed by atoms with Gasteiger partial charge in [0.1, 0.15) is 0 Å². The highest BCUT2D eigenvalue weighted by atomic mass is 35.5. The predicted octanol–water partition coefficient (Wildman–Crippen LogP) is 1.62. The molecule has 1 aliphatic heterocycles. The van der Waals surface area contributed by atoms with E-state index in [9.17, 15) is 5.11 Å². The first-order chi connectivity index (χ1) is 8.15. The van der Waals surface area contributed by atoms with Crippen molar-refractivity contribution in [2.45, 2.75) is 31.6 Å². The average molecular weight is 256 g/mol. The van der Waals surface area contributed by atoms with Crippen LogP contribution in [-0.2, 0) is 11.2 Å². The van der Waals surface area contributed by atoms with Gasteiger partial charge in [-0.1, -0.05) is 23.7 Å². The van der Waals surface area contributed by atoms with Gasteiger partial charge in [0.15, 0.2) is 0 Å². The first-order valence-electron chi connectivity index (χ1n) is 5.92. The summed E-state index contributed by atoms with van der Waals surface area (Å²) in [5.74, 6) is 0. The first-order valence-corrected chi connectivity index (χ1v) is 6.30. The monoisotopic (exact) mass is 255 g/mol. The van der Waals surface area contributed by atoms with Crippen molar-refractivity contribution in [3.8, 4) is 0 Å². The smallest absolute Gasteiger partial charge is 0.0955 e. The largest absolute Gasteiger partial charge is 0.391 e. The van der Waals surface area contributed by atoms with Crippen LogP contribution in [0.15, 0.2) is 24.3 Å². The fourth-order valence-corrected chi connectivity index (χ4v) is 2.11. The SMILES string of the molecule is CC(O)[C@H]1CN[C@@H](Cc2ccc(Cl)cc2)CO1. The third-order valence-corrected chi connectivity index (χ3v) is 3.30. The number of hydrogen-bond acceptors (Lipinski definition) is 3. The lowest BCUT2D eigenvalue weighted by atomic mass is 10.0. The molecule has 0 radical (unpaired) electrons. The van der Waals surface area contributed by atoms with Gasteiger partial charge in [0.2, 0.25) is 0 Å². The maximum Gasteiger partial charge on any atom is 0.0955 e. The Balaban J connectivity index is 1.84. The van der Waals surface area contributed by atoms with Gasteiger partial charge in [-0.3, -0.25) is 0 Å². The van der Waals surface area contributed by atoms with Gasteiger partial charge in [-0.05, 0) is 31.0 Å². The summed E-state index contributed by atoms with van der Waals surface area (Å²) in [6.45, 7) is 3.10. The lowest BCUT2D eigenvalue weighted by Crippen LogP contribution is -2.50. The minimum absolute atomic E-state index is 0.0866. The Bertz CT molecular complexity index is 345. The van der Waals surface area contributed by atoms with E-state index >= 15 is 0 Å². The summed E-state index contributed by atoms with van der Waals surface area (Å²) >= 11 is 5.84. The van der Waals surface area contributed by atoms with Crippen molar-refractivity contribution >= 4 is 11.6 Å². The van der Waals surface area contributed by atoms with Gasteiger partial charge in [-0.15, -0.1) is 0 Å². The fourth-order valence-electron chi connectivity index (χ4n) is 1.99. The zero-order chi connectivity index (χ0) is 12.3. The summed E-state index contributed by atoms with van der Waals surface area (Å²) in [7, 11) is 0. The van der Waals surface area contributed by atoms with Crippen molar-refractivity contribution in [1.29, 1.82) is 0 Å². The number of rotatable bonds is 3. The summed E-state index contributed by atoms with van der Waals surface area (Å²) in [6, 6.07) is 8.18. The number of ether oxygens (including phenoxy) is 1. The molecule has 1 aliphatic rings. The lowest BCUT2D eigenvalue weighted by Gasteiger charge is -2.31. The van der Waals surface area contributed by atoms with Crippen molar-refractivity contribution < 1.29 is 9.84 Å². The maximum absolute atomic E-state index is 9.40. The molecule has 4 heteroatoms. The number of hydrogen-bond donors (Lipinski definition) is 2. The molecule has 17 heavy (non-hydrogen) atoms. The lowest BCUT2D eigenvalue weighted by molar-refractivity contribution is -0.0595. The van der Waals surface area contributed by atoms with Crippen molar-refractivity contribution in [2.75, 3.05) is 13.2 Å². The van der Waals surface area contributed by atoms with E-state index in [0.717, 1.165) is 11.4 Å². The normalized spacial score (nSPS) is 26.8. The highest BCUT2D eigenvalue weighted by Crippen LogP contribution is 2.13. The predicted molar refractivity (Wildman–Crippen MR) is 68.4 cm³/mol. The van der Waals surface area contributed by atoms with E-state index in [1.807, 2.05) is 24.3 Å². The molecule has 0 saturated carbocycles. The quantitative estimate of drug-likeness (QED) is 0.863. The van der Waals surface area contributed by atoms with E-state index < -0.39 is 6.10 Å². The number of nitrogens with one attached hydrogen (secondary N) is 1. The van der Waals surface area contributed by atoms with E-state index in [0.29, 0.717) is 19.2 Å². The van der Waals surface area contributed by atoms with Crippen LogP contribution in [0.2, 0.25) is 5.02 Å². The van der Waals surface area contributed by atoms with Crippen molar-refractivity contribution in [3.63, 3.8) is 0 Å². The minimum atomic E-state index is -0.418. The van der Waals surface area contributed by atoms with Crippen LogP contribution >= 0.6 is 11.6 Å². The molecule has 0 aliphatic carbocycles. The third-order valence-electron chi connectivity index (χ3n) is 3.05. The highest BCUT2D eigenvalue weighted by molar-refractivity contribution is 6.30. The molecule has 2 N–H and O–H groups in total. The maximum atomic E-state index is 9.40. The summed E-state index contributed by atoms with van der Waals surface area (Å²) in [4.78, 5) is 0. The van der Waals surface area contributed by atoms with Crippen LogP contribution in [0, 0.1) is 0 Å². The molecular weight excluding hydrogens is 238 g/mol. The second-order valence-electron chi connectivity index (χ2n) is 4.55. The summed E-state index contributed by atoms with van der Waals surface area (Å²) in [5.41, 5.74) is 1.24. The first kappa shape index (κ1) is 12.8. The van der Waals surface area contributed by atoms with Crippen LogP contribution in [0.1, 0.15) is 12.5 Å². The zero-order valence-corrected chi connectivity index (χ0v) is 10.7. The van der Waals surface area contributed by atoms with Gasteiger partial charge in [-0.25, -0.2) is 0 Å². The number of aliphatic hydroxyl groups excluding tert-OH is 1. The molecule has 0 bridgehead atoms. The van der Waals surface area contributed by atoms with E-state index in [1.54, 1.807) is 6.92 Å². The van der Waals surface area contributed by atoms with E-state index in [-0.39, 0.29) is 6.10 Å². The van der Waals surface area contributed by atoms with Crippen LogP contribution in [0.5, 0.6) is 0 Å². The molecule has 0 spiro atoms. The molecule has 1 unspecified atom stereocenters. The van der Waals surface area contributed by atoms with Crippen LogP contribution in [0.3, 0.4) is 0 Å². The number of morpholine rings is 1. The molecule has 1 heterocycles. The Morgan fingerprint density at radius 1 is 1.47 bits per heavy atom. The Hall–Kier alpha value is -0.610. The summed E-state index contributed by atoms with van der Waals surface area (Å²) < 4.78 is 5.61. The molecule has 0 aromatic heterocycles. The van der Waals surface area contributed by atoms with Crippen LogP contribution in [-0.4, -0.2) is 36.5 Å². The summed E-state index contributed by atoms with van der Waals surface area (Å²) in [6.07, 6.45) is 0.416. The van der Waals surface area contributed by atoms with E-state index in [4.69, 9.17) is 16.3 Å². The van der Waals surface area contributed by atoms with E-state index in [2.05, 4.69) is 5.32 Å². The van der Waals surface area contributed by atoms with Crippen LogP contribution in [0.4, 0.5) is 0 Å². The molecule has 3 atom stereocenters.